The second-order valence-electron chi connectivity index (χ2n) is 5.06. The van der Waals surface area contributed by atoms with Crippen LogP contribution in [0.4, 0.5) is 0 Å². The smallest absolute Gasteiger partial charge is 0.339 e. The average Bonchev–Trinajstić information content (AvgIpc) is 3.08. The van der Waals surface area contributed by atoms with Crippen molar-refractivity contribution in [3.8, 4) is 0 Å². The Morgan fingerprint density at radius 2 is 1.54 bits per heavy atom. The Morgan fingerprint density at radius 1 is 0.958 bits per heavy atom. The lowest BCUT2D eigenvalue weighted by Gasteiger charge is -2.11. The van der Waals surface area contributed by atoms with Crippen molar-refractivity contribution in [1.29, 1.82) is 0 Å². The van der Waals surface area contributed by atoms with Gasteiger partial charge in [-0.15, -0.1) is 0 Å². The van der Waals surface area contributed by atoms with Gasteiger partial charge in [0, 0.05) is 0 Å². The number of carbonyl (C=O) groups excluding carboxylic acids is 2. The summed E-state index contributed by atoms with van der Waals surface area (Å²) in [6.07, 6.45) is 0. The van der Waals surface area contributed by atoms with Crippen LogP contribution < -0.4 is 0 Å². The van der Waals surface area contributed by atoms with E-state index in [4.69, 9.17) is 14.2 Å². The second-order valence-corrected chi connectivity index (χ2v) is 6.39. The van der Waals surface area contributed by atoms with E-state index in [1.807, 2.05) is 12.1 Å². The highest BCUT2D eigenvalue weighted by atomic mass is 32.2. The van der Waals surface area contributed by atoms with Crippen molar-refractivity contribution in [2.45, 2.75) is 10.9 Å². The number of carbonyl (C=O) groups is 2. The van der Waals surface area contributed by atoms with Gasteiger partial charge in [0.2, 0.25) is 0 Å². The highest BCUT2D eigenvalue weighted by Crippen LogP contribution is 2.29. The van der Waals surface area contributed by atoms with Crippen molar-refractivity contribution < 1.29 is 23.8 Å². The summed E-state index contributed by atoms with van der Waals surface area (Å²) in [4.78, 5) is 23.9. The Kier molecular flexibility index (Phi) is 5.51. The Balaban J connectivity index is 1.44. The molecule has 24 heavy (non-hydrogen) atoms. The van der Waals surface area contributed by atoms with Gasteiger partial charge in [-0.2, -0.15) is 0 Å². The van der Waals surface area contributed by atoms with Crippen molar-refractivity contribution in [2.24, 2.45) is 0 Å². The van der Waals surface area contributed by atoms with Gasteiger partial charge in [0.1, 0.15) is 12.0 Å². The first-order valence-corrected chi connectivity index (χ1v) is 8.42. The van der Waals surface area contributed by atoms with Crippen LogP contribution in [0, 0.1) is 0 Å². The van der Waals surface area contributed by atoms with E-state index >= 15 is 0 Å². The van der Waals surface area contributed by atoms with Crippen LogP contribution in [0.25, 0.3) is 0 Å². The van der Waals surface area contributed by atoms with Gasteiger partial charge in [-0.3, -0.25) is 0 Å². The molecular formula is C18H16O5S. The van der Waals surface area contributed by atoms with Gasteiger partial charge in [-0.25, -0.2) is 9.59 Å². The van der Waals surface area contributed by atoms with Crippen LogP contribution in [-0.4, -0.2) is 36.0 Å². The lowest BCUT2D eigenvalue weighted by Crippen LogP contribution is -2.16. The lowest BCUT2D eigenvalue weighted by atomic mass is 10.2. The zero-order valence-corrected chi connectivity index (χ0v) is 13.6. The summed E-state index contributed by atoms with van der Waals surface area (Å²) in [5.41, 5.74) is 0.244. The number of hydrogen-bond acceptors (Lipinski definition) is 6. The van der Waals surface area contributed by atoms with E-state index in [2.05, 4.69) is 0 Å². The minimum atomic E-state index is -0.405. The van der Waals surface area contributed by atoms with E-state index in [-0.39, 0.29) is 18.6 Å². The highest BCUT2D eigenvalue weighted by Gasteiger charge is 2.30. The second kappa shape index (κ2) is 7.99. The summed E-state index contributed by atoms with van der Waals surface area (Å²) in [5.74, 6) is -0.789. The van der Waals surface area contributed by atoms with Crippen LogP contribution >= 0.6 is 11.8 Å². The molecule has 0 N–H and O–H groups in total. The fraction of sp³-hybridized carbons (Fsp3) is 0.222. The molecule has 0 bridgehead atoms. The maximum absolute atomic E-state index is 12.0. The molecule has 1 aliphatic heterocycles. The van der Waals surface area contributed by atoms with E-state index in [0.29, 0.717) is 11.1 Å². The molecule has 3 rings (SSSR count). The molecule has 0 saturated carbocycles. The minimum Gasteiger partial charge on any atom is -0.458 e. The number of rotatable bonds is 5. The van der Waals surface area contributed by atoms with E-state index in [9.17, 15) is 9.59 Å². The van der Waals surface area contributed by atoms with Gasteiger partial charge in [0.05, 0.1) is 17.7 Å². The fourth-order valence-electron chi connectivity index (χ4n) is 2.15. The largest absolute Gasteiger partial charge is 0.458 e. The van der Waals surface area contributed by atoms with E-state index < -0.39 is 17.4 Å². The molecule has 0 radical (unpaired) electrons. The number of benzene rings is 2. The van der Waals surface area contributed by atoms with Crippen molar-refractivity contribution >= 4 is 23.7 Å². The monoisotopic (exact) mass is 344 g/mol. The molecular weight excluding hydrogens is 328 g/mol. The predicted molar refractivity (Wildman–Crippen MR) is 89.7 cm³/mol. The third-order valence-corrected chi connectivity index (χ3v) is 4.44. The Bertz CT molecular complexity index is 689. The van der Waals surface area contributed by atoms with Crippen molar-refractivity contribution in [1.82, 2.24) is 0 Å². The first-order valence-electron chi connectivity index (χ1n) is 7.47. The first kappa shape index (κ1) is 16.5. The maximum Gasteiger partial charge on any atom is 0.339 e. The van der Waals surface area contributed by atoms with Crippen LogP contribution in [0.2, 0.25) is 0 Å². The Labute approximate surface area is 143 Å². The van der Waals surface area contributed by atoms with Crippen LogP contribution in [0.5, 0.6) is 0 Å². The van der Waals surface area contributed by atoms with Crippen LogP contribution in [0.3, 0.4) is 0 Å². The molecule has 0 amide bonds. The Morgan fingerprint density at radius 3 is 2.17 bits per heavy atom. The van der Waals surface area contributed by atoms with Gasteiger partial charge >= 0.3 is 11.9 Å². The molecule has 2 atom stereocenters. The lowest BCUT2D eigenvalue weighted by molar-refractivity contribution is 0.0130. The van der Waals surface area contributed by atoms with Crippen LogP contribution in [-0.2, 0) is 14.2 Å². The topological polar surface area (TPSA) is 61.8 Å². The summed E-state index contributed by atoms with van der Waals surface area (Å²) in [5, 5.41) is 0. The van der Waals surface area contributed by atoms with Gasteiger partial charge in [0.15, 0.2) is 5.44 Å². The molecule has 2 aromatic carbocycles. The average molecular weight is 344 g/mol. The normalized spacial score (nSPS) is 19.7. The summed E-state index contributed by atoms with van der Waals surface area (Å²) >= 11 is 1.33. The summed E-state index contributed by atoms with van der Waals surface area (Å²) in [6, 6.07) is 17.5. The van der Waals surface area contributed by atoms with Crippen molar-refractivity contribution in [3.05, 3.63) is 71.8 Å². The molecule has 5 nitrogen and oxygen atoms in total. The molecule has 0 unspecified atom stereocenters. The molecule has 0 aliphatic carbocycles. The molecule has 0 spiro atoms. The van der Waals surface area contributed by atoms with Gasteiger partial charge in [-0.1, -0.05) is 48.2 Å². The molecule has 1 heterocycles. The van der Waals surface area contributed by atoms with Gasteiger partial charge in [0.25, 0.3) is 0 Å². The standard InChI is InChI=1S/C18H16O5S/c19-17(13-7-3-1-4-8-13)22-11-15-21-12-16(24-15)23-18(20)14-9-5-2-6-10-14/h1-10,15-16H,11-12H2/t15-,16-/m0/s1. The Hall–Kier alpha value is -2.31. The molecule has 1 aliphatic rings. The van der Waals surface area contributed by atoms with E-state index in [0.717, 1.165) is 0 Å². The molecule has 0 aromatic heterocycles. The number of thioether (sulfide) groups is 1. The fourth-order valence-corrected chi connectivity index (χ4v) is 3.09. The van der Waals surface area contributed by atoms with Gasteiger partial charge in [-0.05, 0) is 24.3 Å². The summed E-state index contributed by atoms with van der Waals surface area (Å²) in [7, 11) is 0. The maximum atomic E-state index is 12.0. The third-order valence-electron chi connectivity index (χ3n) is 3.33. The first-order chi connectivity index (χ1) is 11.7. The predicted octanol–water partition coefficient (Wildman–Crippen LogP) is 3.12. The van der Waals surface area contributed by atoms with E-state index in [1.54, 1.807) is 48.5 Å². The van der Waals surface area contributed by atoms with E-state index in [1.165, 1.54) is 11.8 Å². The minimum absolute atomic E-state index is 0.109. The van der Waals surface area contributed by atoms with Crippen LogP contribution in [0.1, 0.15) is 20.7 Å². The highest BCUT2D eigenvalue weighted by molar-refractivity contribution is 8.00. The molecule has 1 saturated heterocycles. The molecule has 6 heteroatoms. The number of ether oxygens (including phenoxy) is 3. The number of esters is 2. The third kappa shape index (κ3) is 4.37. The zero-order chi connectivity index (χ0) is 16.8. The molecule has 1 fully saturated rings. The molecule has 124 valence electrons. The van der Waals surface area contributed by atoms with Crippen LogP contribution in [0.15, 0.2) is 60.7 Å². The van der Waals surface area contributed by atoms with Crippen molar-refractivity contribution in [2.75, 3.05) is 13.2 Å². The van der Waals surface area contributed by atoms with Crippen molar-refractivity contribution in [3.63, 3.8) is 0 Å². The summed E-state index contributed by atoms with van der Waals surface area (Å²) < 4.78 is 16.1. The van der Waals surface area contributed by atoms with Gasteiger partial charge < -0.3 is 14.2 Å². The zero-order valence-electron chi connectivity index (χ0n) is 12.8. The SMILES string of the molecule is O=C(OC[C@H]1OC[C@@H](OC(=O)c2ccccc2)S1)c1ccccc1. The quantitative estimate of drug-likeness (QED) is 0.777. The molecule has 2 aromatic rings. The number of hydrogen-bond donors (Lipinski definition) is 0. The summed E-state index contributed by atoms with van der Waals surface area (Å²) in [6.45, 7) is 0.384.